The number of nitrogens with zero attached hydrogens (tertiary/aromatic N) is 2. The summed E-state index contributed by atoms with van der Waals surface area (Å²) in [5.41, 5.74) is 6.73. The normalized spacial score (nSPS) is 11.3. The molecule has 2 heterocycles. The maximum atomic E-state index is 9.61. The average molecular weight is 667 g/mol. The number of hydrogen-bond acceptors (Lipinski definition) is 9. The highest BCUT2D eigenvalue weighted by Gasteiger charge is 2.07. The van der Waals surface area contributed by atoms with Crippen LogP contribution in [0.4, 0.5) is 0 Å². The first-order chi connectivity index (χ1) is 22.9. The number of phenolic OH excluding ortho intramolecular Hbond substituents is 1. The fourth-order valence-corrected chi connectivity index (χ4v) is 6.59. The van der Waals surface area contributed by atoms with E-state index in [1.165, 1.54) is 20.5 Å². The molecule has 9 heteroatoms. The molecule has 0 saturated carbocycles. The molecule has 0 aliphatic carbocycles. The second-order valence-electron chi connectivity index (χ2n) is 10.5. The Morgan fingerprint density at radius 1 is 0.617 bits per heavy atom. The summed E-state index contributed by atoms with van der Waals surface area (Å²) in [5.74, 6) is 1.95. The smallest absolute Gasteiger partial charge is 0.188 e. The number of hydrogen-bond donors (Lipinski definition) is 1. The van der Waals surface area contributed by atoms with Crippen LogP contribution in [0.15, 0.2) is 72.8 Å². The molecule has 242 valence electrons. The van der Waals surface area contributed by atoms with Gasteiger partial charge in [-0.1, -0.05) is 50.3 Å². The van der Waals surface area contributed by atoms with E-state index in [0.29, 0.717) is 17.2 Å². The largest absolute Gasteiger partial charge is 0.504 e. The van der Waals surface area contributed by atoms with E-state index in [1.807, 2.05) is 48.6 Å². The van der Waals surface area contributed by atoms with E-state index in [1.54, 1.807) is 56.1 Å². The molecule has 0 aliphatic rings. The number of ether oxygens (including phenoxy) is 4. The Balaban J connectivity index is 0.000000186. The van der Waals surface area contributed by atoms with Crippen LogP contribution in [0.5, 0.6) is 23.0 Å². The van der Waals surface area contributed by atoms with Crippen LogP contribution in [0.25, 0.3) is 44.7 Å². The molecule has 0 radical (unpaired) electrons. The average Bonchev–Trinajstić information content (AvgIpc) is 3.72. The van der Waals surface area contributed by atoms with Gasteiger partial charge < -0.3 is 24.1 Å². The summed E-state index contributed by atoms with van der Waals surface area (Å²) < 4.78 is 23.3. The number of thiazole rings is 2. The monoisotopic (exact) mass is 666 g/mol. The van der Waals surface area contributed by atoms with Crippen molar-refractivity contribution >= 4 is 67.4 Å². The van der Waals surface area contributed by atoms with E-state index < -0.39 is 0 Å². The number of aromatic hydroxyl groups is 1. The predicted octanol–water partition coefficient (Wildman–Crippen LogP) is 9.76. The first-order valence-electron chi connectivity index (χ1n) is 15.2. The van der Waals surface area contributed by atoms with E-state index in [-0.39, 0.29) is 12.5 Å². The molecule has 1 N–H and O–H groups in total. The number of aryl methyl sites for hydroxylation is 2. The van der Waals surface area contributed by atoms with Crippen molar-refractivity contribution < 1.29 is 24.1 Å². The third-order valence-electron chi connectivity index (χ3n) is 7.32. The van der Waals surface area contributed by atoms with Gasteiger partial charge in [-0.15, -0.1) is 22.7 Å². The standard InChI is InChI=1S/C20H21NO3S.C18H17NO2S/c1-4-14-5-8-16-19(12-14)25-20(21-16)10-7-15-6-9-17(24-13-22-2)18(11-15)23-3;1-3-12-4-7-14-17(11-12)22-18(19-14)9-6-13-5-8-15(20)16(10-13)21-2/h5-12H,4,13H2,1-3H3;4-11,20H,3H2,1-2H3/b10-7+;9-6+. The van der Waals surface area contributed by atoms with Crippen molar-refractivity contribution in [1.82, 2.24) is 9.97 Å². The first kappa shape index (κ1) is 33.7. The Morgan fingerprint density at radius 3 is 1.66 bits per heavy atom. The van der Waals surface area contributed by atoms with E-state index >= 15 is 0 Å². The van der Waals surface area contributed by atoms with Gasteiger partial charge in [0.05, 0.1) is 34.7 Å². The van der Waals surface area contributed by atoms with Gasteiger partial charge in [-0.25, -0.2) is 9.97 Å². The lowest BCUT2D eigenvalue weighted by molar-refractivity contribution is 0.0491. The van der Waals surface area contributed by atoms with E-state index in [9.17, 15) is 5.11 Å². The summed E-state index contributed by atoms with van der Waals surface area (Å²) >= 11 is 3.38. The summed E-state index contributed by atoms with van der Waals surface area (Å²) in [5, 5.41) is 11.6. The van der Waals surface area contributed by atoms with E-state index in [4.69, 9.17) is 18.9 Å². The van der Waals surface area contributed by atoms with Gasteiger partial charge in [0.25, 0.3) is 0 Å². The summed E-state index contributed by atoms with van der Waals surface area (Å²) in [7, 11) is 4.76. The van der Waals surface area contributed by atoms with Crippen molar-refractivity contribution in [3.8, 4) is 23.0 Å². The maximum absolute atomic E-state index is 9.61. The van der Waals surface area contributed by atoms with Crippen LogP contribution in [0.3, 0.4) is 0 Å². The Morgan fingerprint density at radius 2 is 1.15 bits per heavy atom. The summed E-state index contributed by atoms with van der Waals surface area (Å²) in [6.07, 6.45) is 10.1. The highest BCUT2D eigenvalue weighted by Crippen LogP contribution is 2.31. The minimum absolute atomic E-state index is 0.145. The van der Waals surface area contributed by atoms with Gasteiger partial charge in [-0.2, -0.15) is 0 Å². The SMILES string of the molecule is CCc1ccc2nc(/C=C/c3ccc(O)c(OC)c3)sc2c1.CCc1ccc2nc(/C=C/c3ccc(OCOC)c(OC)c3)sc2c1. The number of methoxy groups -OCH3 is 3. The van der Waals surface area contributed by atoms with Crippen molar-refractivity contribution in [2.75, 3.05) is 28.1 Å². The van der Waals surface area contributed by atoms with Crippen LogP contribution in [0.2, 0.25) is 0 Å². The Bertz CT molecular complexity index is 2010. The molecule has 0 atom stereocenters. The second kappa shape index (κ2) is 16.2. The Hall–Kier alpha value is -4.70. The van der Waals surface area contributed by atoms with Gasteiger partial charge in [0.2, 0.25) is 0 Å². The molecule has 0 aliphatic heterocycles. The van der Waals surface area contributed by atoms with Crippen LogP contribution in [-0.4, -0.2) is 43.2 Å². The lowest BCUT2D eigenvalue weighted by Crippen LogP contribution is -2.00. The molecule has 2 aromatic heterocycles. The highest BCUT2D eigenvalue weighted by molar-refractivity contribution is 7.19. The molecular formula is C38H38N2O5S2. The lowest BCUT2D eigenvalue weighted by atomic mass is 10.2. The molecule has 7 nitrogen and oxygen atoms in total. The van der Waals surface area contributed by atoms with Gasteiger partial charge in [0.15, 0.2) is 29.8 Å². The molecular weight excluding hydrogens is 629 g/mol. The fourth-order valence-electron chi connectivity index (χ4n) is 4.72. The van der Waals surface area contributed by atoms with Gasteiger partial charge in [-0.05, 0) is 95.8 Å². The summed E-state index contributed by atoms with van der Waals surface area (Å²) in [4.78, 5) is 9.28. The molecule has 6 aromatic rings. The molecule has 0 fully saturated rings. The van der Waals surface area contributed by atoms with Crippen LogP contribution in [-0.2, 0) is 17.6 Å². The number of aromatic nitrogens is 2. The molecule has 0 unspecified atom stereocenters. The van der Waals surface area contributed by atoms with Crippen molar-refractivity contribution in [3.63, 3.8) is 0 Å². The molecule has 0 saturated heterocycles. The highest BCUT2D eigenvalue weighted by atomic mass is 32.1. The molecule has 4 aromatic carbocycles. The van der Waals surface area contributed by atoms with Crippen molar-refractivity contribution in [2.45, 2.75) is 26.7 Å². The van der Waals surface area contributed by atoms with Crippen LogP contribution in [0.1, 0.15) is 46.1 Å². The number of phenols is 1. The summed E-state index contributed by atoms with van der Waals surface area (Å²) in [6.45, 7) is 4.51. The topological polar surface area (TPSA) is 82.9 Å². The fraction of sp³-hybridized carbons (Fsp3) is 0.211. The van der Waals surface area contributed by atoms with Crippen molar-refractivity contribution in [3.05, 3.63) is 105 Å². The number of benzene rings is 4. The maximum Gasteiger partial charge on any atom is 0.188 e. The minimum atomic E-state index is 0.145. The van der Waals surface area contributed by atoms with Crippen molar-refractivity contribution in [1.29, 1.82) is 0 Å². The van der Waals surface area contributed by atoms with Crippen LogP contribution in [0, 0.1) is 0 Å². The number of fused-ring (bicyclic) bond motifs is 2. The Labute approximate surface area is 283 Å². The van der Waals surface area contributed by atoms with Crippen molar-refractivity contribution in [2.24, 2.45) is 0 Å². The van der Waals surface area contributed by atoms with Gasteiger partial charge >= 0.3 is 0 Å². The van der Waals surface area contributed by atoms with Gasteiger partial charge in [0, 0.05) is 7.11 Å². The zero-order valence-corrected chi connectivity index (χ0v) is 28.8. The minimum Gasteiger partial charge on any atom is -0.504 e. The van der Waals surface area contributed by atoms with E-state index in [0.717, 1.165) is 45.0 Å². The van der Waals surface area contributed by atoms with E-state index in [2.05, 4.69) is 60.2 Å². The van der Waals surface area contributed by atoms with Crippen LogP contribution >= 0.6 is 22.7 Å². The zero-order chi connectivity index (χ0) is 33.2. The lowest BCUT2D eigenvalue weighted by Gasteiger charge is -2.10. The molecule has 6 rings (SSSR count). The van der Waals surface area contributed by atoms with Gasteiger partial charge in [-0.3, -0.25) is 0 Å². The quantitative estimate of drug-likeness (QED) is 0.138. The van der Waals surface area contributed by atoms with Gasteiger partial charge in [0.1, 0.15) is 10.0 Å². The third-order valence-corrected chi connectivity index (χ3v) is 9.28. The van der Waals surface area contributed by atoms with Crippen LogP contribution < -0.4 is 14.2 Å². The molecule has 47 heavy (non-hydrogen) atoms. The third kappa shape index (κ3) is 8.77. The number of rotatable bonds is 11. The zero-order valence-electron chi connectivity index (χ0n) is 27.2. The predicted molar refractivity (Wildman–Crippen MR) is 196 cm³/mol. The Kier molecular flexibility index (Phi) is 11.6. The molecule has 0 amide bonds. The summed E-state index contributed by atoms with van der Waals surface area (Å²) in [6, 6.07) is 23.9. The molecule has 0 bridgehead atoms. The molecule has 0 spiro atoms. The first-order valence-corrected chi connectivity index (χ1v) is 16.9. The second-order valence-corrected chi connectivity index (χ2v) is 12.6.